The largest absolute Gasteiger partial charge is 0.222 e. The Morgan fingerprint density at radius 3 is 2.43 bits per heavy atom. The Kier molecular flexibility index (Phi) is 3.02. The Morgan fingerprint density at radius 2 is 1.76 bits per heavy atom. The molecule has 0 saturated heterocycles. The minimum atomic E-state index is 0.354. The van der Waals surface area contributed by atoms with Gasteiger partial charge in [-0.05, 0) is 43.4 Å². The molecule has 4 heteroatoms. The summed E-state index contributed by atoms with van der Waals surface area (Å²) in [6.07, 6.45) is 2.03. The van der Waals surface area contributed by atoms with Crippen molar-refractivity contribution in [1.29, 1.82) is 0 Å². The predicted molar refractivity (Wildman–Crippen MR) is 88.5 cm³/mol. The Hall–Kier alpha value is -1.45. The SMILES string of the molecule is Cc1sc2nc(C3Cc4ccccc4C3)nc(Cl)c2c1C. The third-order valence-corrected chi connectivity index (χ3v) is 5.79. The van der Waals surface area contributed by atoms with Crippen molar-refractivity contribution >= 4 is 33.2 Å². The van der Waals surface area contributed by atoms with Gasteiger partial charge in [-0.1, -0.05) is 35.9 Å². The molecule has 0 amide bonds. The molecule has 0 bridgehead atoms. The average Bonchev–Trinajstić information content (AvgIpc) is 3.01. The molecule has 1 aliphatic carbocycles. The van der Waals surface area contributed by atoms with E-state index in [1.54, 1.807) is 11.3 Å². The van der Waals surface area contributed by atoms with E-state index in [1.165, 1.54) is 21.6 Å². The minimum absolute atomic E-state index is 0.354. The van der Waals surface area contributed by atoms with Gasteiger partial charge in [0.1, 0.15) is 15.8 Å². The molecule has 0 radical (unpaired) electrons. The van der Waals surface area contributed by atoms with E-state index in [0.717, 1.165) is 28.9 Å². The van der Waals surface area contributed by atoms with Gasteiger partial charge in [-0.2, -0.15) is 0 Å². The monoisotopic (exact) mass is 314 g/mol. The molecular weight excluding hydrogens is 300 g/mol. The molecule has 106 valence electrons. The van der Waals surface area contributed by atoms with Crippen molar-refractivity contribution in [2.24, 2.45) is 0 Å². The summed E-state index contributed by atoms with van der Waals surface area (Å²) in [6.45, 7) is 4.21. The van der Waals surface area contributed by atoms with Crippen LogP contribution in [0.2, 0.25) is 5.15 Å². The Labute approximate surface area is 132 Å². The lowest BCUT2D eigenvalue weighted by atomic mass is 10.1. The molecule has 21 heavy (non-hydrogen) atoms. The molecule has 1 aromatic carbocycles. The number of hydrogen-bond acceptors (Lipinski definition) is 3. The summed E-state index contributed by atoms with van der Waals surface area (Å²) in [5.41, 5.74) is 4.04. The van der Waals surface area contributed by atoms with Crippen molar-refractivity contribution < 1.29 is 0 Å². The molecule has 2 aromatic heterocycles. The average molecular weight is 315 g/mol. The van der Waals surface area contributed by atoms with Crippen LogP contribution in [0.3, 0.4) is 0 Å². The predicted octanol–water partition coefficient (Wildman–Crippen LogP) is 4.84. The summed E-state index contributed by atoms with van der Waals surface area (Å²) in [6, 6.07) is 8.61. The van der Waals surface area contributed by atoms with Crippen LogP contribution < -0.4 is 0 Å². The van der Waals surface area contributed by atoms with Crippen LogP contribution in [0.5, 0.6) is 0 Å². The van der Waals surface area contributed by atoms with Crippen LogP contribution in [0.15, 0.2) is 24.3 Å². The van der Waals surface area contributed by atoms with Gasteiger partial charge in [0.15, 0.2) is 0 Å². The normalized spacial score (nSPS) is 14.8. The van der Waals surface area contributed by atoms with Gasteiger partial charge in [-0.3, -0.25) is 0 Å². The van der Waals surface area contributed by atoms with E-state index in [-0.39, 0.29) is 0 Å². The summed E-state index contributed by atoms with van der Waals surface area (Å²) in [7, 11) is 0. The molecule has 4 rings (SSSR count). The van der Waals surface area contributed by atoms with Crippen LogP contribution >= 0.6 is 22.9 Å². The van der Waals surface area contributed by atoms with E-state index in [2.05, 4.69) is 43.1 Å². The molecular formula is C17H15ClN2S. The number of thiophene rings is 1. The number of fused-ring (bicyclic) bond motifs is 2. The molecule has 0 saturated carbocycles. The van der Waals surface area contributed by atoms with Gasteiger partial charge < -0.3 is 0 Å². The highest BCUT2D eigenvalue weighted by Gasteiger charge is 2.26. The first-order chi connectivity index (χ1) is 10.1. The molecule has 0 fully saturated rings. The standard InChI is InChI=1S/C17H15ClN2S/c1-9-10(2)21-17-14(9)15(18)19-16(20-17)13-7-11-5-3-4-6-12(11)8-13/h3-6,13H,7-8H2,1-2H3. The highest BCUT2D eigenvalue weighted by Crippen LogP contribution is 2.37. The zero-order chi connectivity index (χ0) is 14.6. The van der Waals surface area contributed by atoms with E-state index in [4.69, 9.17) is 16.6 Å². The van der Waals surface area contributed by atoms with Crippen LogP contribution in [-0.4, -0.2) is 9.97 Å². The van der Waals surface area contributed by atoms with Crippen molar-refractivity contribution in [3.63, 3.8) is 0 Å². The molecule has 0 spiro atoms. The number of aryl methyl sites for hydroxylation is 2. The maximum atomic E-state index is 6.43. The number of aromatic nitrogens is 2. The third-order valence-electron chi connectivity index (χ3n) is 4.42. The van der Waals surface area contributed by atoms with Gasteiger partial charge in [0.2, 0.25) is 0 Å². The Bertz CT molecular complexity index is 828. The highest BCUT2D eigenvalue weighted by molar-refractivity contribution is 7.18. The number of benzene rings is 1. The number of rotatable bonds is 1. The van der Waals surface area contributed by atoms with Crippen molar-refractivity contribution in [3.05, 3.63) is 56.8 Å². The van der Waals surface area contributed by atoms with Gasteiger partial charge in [-0.15, -0.1) is 11.3 Å². The first-order valence-electron chi connectivity index (χ1n) is 7.13. The number of halogens is 1. The second-order valence-electron chi connectivity index (χ2n) is 5.71. The van der Waals surface area contributed by atoms with E-state index >= 15 is 0 Å². The van der Waals surface area contributed by atoms with Crippen LogP contribution in [0.1, 0.15) is 33.3 Å². The van der Waals surface area contributed by atoms with Crippen molar-refractivity contribution in [2.45, 2.75) is 32.6 Å². The summed E-state index contributed by atoms with van der Waals surface area (Å²) >= 11 is 8.14. The lowest BCUT2D eigenvalue weighted by Crippen LogP contribution is -2.04. The zero-order valence-electron chi connectivity index (χ0n) is 12.0. The third kappa shape index (κ3) is 2.07. The molecule has 2 nitrogen and oxygen atoms in total. The summed E-state index contributed by atoms with van der Waals surface area (Å²) in [4.78, 5) is 11.7. The maximum Gasteiger partial charge on any atom is 0.141 e. The van der Waals surface area contributed by atoms with Crippen LogP contribution in [0, 0.1) is 13.8 Å². The fraction of sp³-hybridized carbons (Fsp3) is 0.294. The van der Waals surface area contributed by atoms with Gasteiger partial charge in [0, 0.05) is 10.8 Å². The topological polar surface area (TPSA) is 25.8 Å². The highest BCUT2D eigenvalue weighted by atomic mass is 35.5. The lowest BCUT2D eigenvalue weighted by molar-refractivity contribution is 0.688. The summed E-state index contributed by atoms with van der Waals surface area (Å²) < 4.78 is 0. The second-order valence-corrected chi connectivity index (χ2v) is 7.27. The van der Waals surface area contributed by atoms with Crippen LogP contribution in [0.4, 0.5) is 0 Å². The van der Waals surface area contributed by atoms with Crippen molar-refractivity contribution in [1.82, 2.24) is 9.97 Å². The summed E-state index contributed by atoms with van der Waals surface area (Å²) in [5, 5.41) is 1.63. The molecule has 0 N–H and O–H groups in total. The second kappa shape index (κ2) is 4.79. The molecule has 1 aliphatic rings. The molecule has 3 aromatic rings. The van der Waals surface area contributed by atoms with Crippen molar-refractivity contribution in [3.8, 4) is 0 Å². The Morgan fingerprint density at radius 1 is 1.10 bits per heavy atom. The molecule has 0 aliphatic heterocycles. The molecule has 0 atom stereocenters. The van der Waals surface area contributed by atoms with E-state index in [9.17, 15) is 0 Å². The number of nitrogens with zero attached hydrogens (tertiary/aromatic N) is 2. The first-order valence-corrected chi connectivity index (χ1v) is 8.33. The quantitative estimate of drug-likeness (QED) is 0.600. The van der Waals surface area contributed by atoms with Crippen LogP contribution in [0.25, 0.3) is 10.2 Å². The molecule has 2 heterocycles. The van der Waals surface area contributed by atoms with E-state index < -0.39 is 0 Å². The van der Waals surface area contributed by atoms with E-state index in [0.29, 0.717) is 11.1 Å². The smallest absolute Gasteiger partial charge is 0.141 e. The van der Waals surface area contributed by atoms with Crippen molar-refractivity contribution in [2.75, 3.05) is 0 Å². The Balaban J connectivity index is 1.79. The minimum Gasteiger partial charge on any atom is -0.222 e. The fourth-order valence-corrected chi connectivity index (χ4v) is 4.55. The van der Waals surface area contributed by atoms with Gasteiger partial charge in [0.05, 0.1) is 5.39 Å². The van der Waals surface area contributed by atoms with Gasteiger partial charge in [0.25, 0.3) is 0 Å². The fourth-order valence-electron chi connectivity index (χ4n) is 3.14. The van der Waals surface area contributed by atoms with E-state index in [1.807, 2.05) is 0 Å². The van der Waals surface area contributed by atoms with Gasteiger partial charge in [-0.25, -0.2) is 9.97 Å². The zero-order valence-corrected chi connectivity index (χ0v) is 13.6. The van der Waals surface area contributed by atoms with Gasteiger partial charge >= 0.3 is 0 Å². The lowest BCUT2D eigenvalue weighted by Gasteiger charge is -2.08. The maximum absolute atomic E-state index is 6.43. The molecule has 0 unspecified atom stereocenters. The number of hydrogen-bond donors (Lipinski definition) is 0. The van der Waals surface area contributed by atoms with Crippen LogP contribution in [-0.2, 0) is 12.8 Å². The summed E-state index contributed by atoms with van der Waals surface area (Å²) in [5.74, 6) is 1.25. The first kappa shape index (κ1) is 13.2.